The number of benzene rings is 2. The maximum absolute atomic E-state index is 12.0. The average molecular weight is 424 g/mol. The number of hydrogen-bond acceptors (Lipinski definition) is 6. The maximum Gasteiger partial charge on any atom is 0.356 e. The molecule has 0 radical (unpaired) electrons. The van der Waals surface area contributed by atoms with Crippen LogP contribution >= 0.6 is 0 Å². The van der Waals surface area contributed by atoms with Gasteiger partial charge in [0.2, 0.25) is 0 Å². The van der Waals surface area contributed by atoms with E-state index in [9.17, 15) is 4.79 Å². The summed E-state index contributed by atoms with van der Waals surface area (Å²) in [5.74, 6) is 0.175. The summed E-state index contributed by atoms with van der Waals surface area (Å²) in [5.41, 5.74) is 6.37. The summed E-state index contributed by atoms with van der Waals surface area (Å²) < 4.78 is 11.1. The summed E-state index contributed by atoms with van der Waals surface area (Å²) in [5, 5.41) is 14.7. The molecule has 0 aromatic heterocycles. The van der Waals surface area contributed by atoms with Crippen molar-refractivity contribution in [2.45, 2.75) is 41.2 Å². The van der Waals surface area contributed by atoms with E-state index >= 15 is 0 Å². The molecule has 2 aromatic carbocycles. The summed E-state index contributed by atoms with van der Waals surface area (Å²) in [6.45, 7) is 10.9. The minimum atomic E-state index is -0.620. The Labute approximate surface area is 185 Å². The van der Waals surface area contributed by atoms with Crippen LogP contribution in [0.15, 0.2) is 42.0 Å². The molecule has 0 bridgehead atoms. The smallest absolute Gasteiger partial charge is 0.356 e. The standard InChI is InChI=1S/C25H33N3O3/c1-7-28-24(18(5)23(26)25(29)30-8-2)19-12-13-22(17(4)14-19)31-15-20-16(3)10-9-11-21(20)27-6/h9-14,26-28H,7-8,15H2,1-6H3/b24-18-,26-23?. The minimum Gasteiger partial charge on any atom is -0.489 e. The first-order valence-electron chi connectivity index (χ1n) is 10.5. The van der Waals surface area contributed by atoms with E-state index in [1.165, 1.54) is 5.56 Å². The molecule has 0 atom stereocenters. The van der Waals surface area contributed by atoms with Gasteiger partial charge in [-0.25, -0.2) is 4.79 Å². The van der Waals surface area contributed by atoms with Gasteiger partial charge in [0.25, 0.3) is 0 Å². The van der Waals surface area contributed by atoms with Crippen LogP contribution in [0.25, 0.3) is 5.70 Å². The second-order valence-corrected chi connectivity index (χ2v) is 7.25. The fourth-order valence-electron chi connectivity index (χ4n) is 3.35. The van der Waals surface area contributed by atoms with Crippen LogP contribution in [0.2, 0.25) is 0 Å². The van der Waals surface area contributed by atoms with Crippen molar-refractivity contribution in [2.24, 2.45) is 0 Å². The molecule has 0 spiro atoms. The number of aryl methyl sites for hydroxylation is 2. The third-order valence-electron chi connectivity index (χ3n) is 5.10. The van der Waals surface area contributed by atoms with Gasteiger partial charge in [0.15, 0.2) is 0 Å². The van der Waals surface area contributed by atoms with Gasteiger partial charge in [0, 0.05) is 36.1 Å². The number of carbonyl (C=O) groups is 1. The molecule has 0 aliphatic carbocycles. The van der Waals surface area contributed by atoms with Gasteiger partial charge in [0.05, 0.1) is 6.61 Å². The number of anilines is 1. The number of rotatable bonds is 10. The normalized spacial score (nSPS) is 11.4. The van der Waals surface area contributed by atoms with Crippen molar-refractivity contribution in [3.8, 4) is 5.75 Å². The topological polar surface area (TPSA) is 83.4 Å². The molecule has 0 aliphatic heterocycles. The zero-order valence-corrected chi connectivity index (χ0v) is 19.3. The molecular formula is C25H33N3O3. The molecule has 166 valence electrons. The molecule has 0 unspecified atom stereocenters. The van der Waals surface area contributed by atoms with Crippen LogP contribution in [0.3, 0.4) is 0 Å². The number of nitrogens with one attached hydrogen (secondary N) is 3. The van der Waals surface area contributed by atoms with Gasteiger partial charge in [-0.05, 0) is 75.6 Å². The van der Waals surface area contributed by atoms with E-state index in [2.05, 4.69) is 23.6 Å². The lowest BCUT2D eigenvalue weighted by atomic mass is 10.0. The van der Waals surface area contributed by atoms with E-state index in [-0.39, 0.29) is 12.3 Å². The maximum atomic E-state index is 12.0. The highest BCUT2D eigenvalue weighted by molar-refractivity contribution is 6.43. The largest absolute Gasteiger partial charge is 0.489 e. The fourth-order valence-corrected chi connectivity index (χ4v) is 3.35. The Morgan fingerprint density at radius 1 is 1.10 bits per heavy atom. The molecule has 0 saturated carbocycles. The third-order valence-corrected chi connectivity index (χ3v) is 5.10. The Morgan fingerprint density at radius 2 is 1.84 bits per heavy atom. The van der Waals surface area contributed by atoms with E-state index in [1.807, 2.05) is 51.2 Å². The van der Waals surface area contributed by atoms with Crippen molar-refractivity contribution in [2.75, 3.05) is 25.5 Å². The number of esters is 1. The first-order valence-corrected chi connectivity index (χ1v) is 10.5. The van der Waals surface area contributed by atoms with Gasteiger partial charge in [0.1, 0.15) is 18.1 Å². The minimum absolute atomic E-state index is 0.144. The first kappa shape index (κ1) is 24.0. The van der Waals surface area contributed by atoms with Crippen molar-refractivity contribution in [3.05, 3.63) is 64.2 Å². The lowest BCUT2D eigenvalue weighted by Gasteiger charge is -2.18. The molecule has 6 heteroatoms. The predicted molar refractivity (Wildman–Crippen MR) is 127 cm³/mol. The molecule has 31 heavy (non-hydrogen) atoms. The van der Waals surface area contributed by atoms with Gasteiger partial charge in [-0.2, -0.15) is 0 Å². The highest BCUT2D eigenvalue weighted by Gasteiger charge is 2.18. The van der Waals surface area contributed by atoms with E-state index in [0.717, 1.165) is 33.8 Å². The average Bonchev–Trinajstić information content (AvgIpc) is 2.76. The molecule has 0 amide bonds. The lowest BCUT2D eigenvalue weighted by molar-refractivity contribution is -0.135. The van der Waals surface area contributed by atoms with Crippen LogP contribution in [0, 0.1) is 19.3 Å². The Hall–Kier alpha value is -3.28. The van der Waals surface area contributed by atoms with Crippen LogP contribution in [0.4, 0.5) is 5.69 Å². The Kier molecular flexibility index (Phi) is 8.67. The lowest BCUT2D eigenvalue weighted by Crippen LogP contribution is -2.22. The van der Waals surface area contributed by atoms with E-state index in [1.54, 1.807) is 13.8 Å². The van der Waals surface area contributed by atoms with Gasteiger partial charge < -0.3 is 20.1 Å². The van der Waals surface area contributed by atoms with Crippen molar-refractivity contribution in [3.63, 3.8) is 0 Å². The Balaban J connectivity index is 2.30. The second-order valence-electron chi connectivity index (χ2n) is 7.25. The molecule has 0 saturated heterocycles. The summed E-state index contributed by atoms with van der Waals surface area (Å²) in [4.78, 5) is 12.0. The van der Waals surface area contributed by atoms with Crippen molar-refractivity contribution >= 4 is 23.1 Å². The quantitative estimate of drug-likeness (QED) is 0.376. The second kappa shape index (κ2) is 11.2. The zero-order valence-electron chi connectivity index (χ0n) is 19.3. The predicted octanol–water partition coefficient (Wildman–Crippen LogP) is 4.85. The summed E-state index contributed by atoms with van der Waals surface area (Å²) in [6.07, 6.45) is 0. The van der Waals surface area contributed by atoms with E-state index < -0.39 is 5.97 Å². The number of hydrogen-bond donors (Lipinski definition) is 3. The summed E-state index contributed by atoms with van der Waals surface area (Å²) in [7, 11) is 1.91. The van der Waals surface area contributed by atoms with E-state index in [0.29, 0.717) is 18.7 Å². The molecule has 3 N–H and O–H groups in total. The summed E-state index contributed by atoms with van der Waals surface area (Å²) in [6, 6.07) is 12.0. The molecular weight excluding hydrogens is 390 g/mol. The molecule has 0 heterocycles. The van der Waals surface area contributed by atoms with Gasteiger partial charge in [-0.1, -0.05) is 12.1 Å². The Morgan fingerprint density at radius 3 is 2.45 bits per heavy atom. The molecule has 0 fully saturated rings. The SMILES string of the molecule is CCN/C(=C(/C)C(=N)C(=O)OCC)c1ccc(OCc2c(C)cccc2NC)c(C)c1. The first-order chi connectivity index (χ1) is 14.8. The highest BCUT2D eigenvalue weighted by atomic mass is 16.5. The van der Waals surface area contributed by atoms with Crippen molar-refractivity contribution < 1.29 is 14.3 Å². The van der Waals surface area contributed by atoms with Gasteiger partial charge >= 0.3 is 5.97 Å². The third kappa shape index (κ3) is 5.87. The van der Waals surface area contributed by atoms with E-state index in [4.69, 9.17) is 14.9 Å². The van der Waals surface area contributed by atoms with Crippen LogP contribution in [-0.4, -0.2) is 31.9 Å². The number of carbonyl (C=O) groups excluding carboxylic acids is 1. The Bertz CT molecular complexity index is 980. The number of ether oxygens (including phenoxy) is 2. The molecule has 2 rings (SSSR count). The van der Waals surface area contributed by atoms with Gasteiger partial charge in [-0.3, -0.25) is 5.41 Å². The summed E-state index contributed by atoms with van der Waals surface area (Å²) >= 11 is 0. The zero-order chi connectivity index (χ0) is 23.0. The molecule has 0 aliphatic rings. The van der Waals surface area contributed by atoms with Gasteiger partial charge in [-0.15, -0.1) is 0 Å². The van der Waals surface area contributed by atoms with Crippen LogP contribution in [0.1, 0.15) is 43.0 Å². The molecule has 2 aromatic rings. The van der Waals surface area contributed by atoms with Crippen molar-refractivity contribution in [1.82, 2.24) is 5.32 Å². The molecule has 6 nitrogen and oxygen atoms in total. The fraction of sp³-hybridized carbons (Fsp3) is 0.360. The van der Waals surface area contributed by atoms with Crippen LogP contribution in [-0.2, 0) is 16.1 Å². The van der Waals surface area contributed by atoms with Crippen LogP contribution in [0.5, 0.6) is 5.75 Å². The van der Waals surface area contributed by atoms with Crippen LogP contribution < -0.4 is 15.4 Å². The highest BCUT2D eigenvalue weighted by Crippen LogP contribution is 2.27. The monoisotopic (exact) mass is 423 g/mol. The van der Waals surface area contributed by atoms with Crippen molar-refractivity contribution in [1.29, 1.82) is 5.41 Å².